The van der Waals surface area contributed by atoms with Crippen LogP contribution in [0.4, 0.5) is 0 Å². The van der Waals surface area contributed by atoms with Gasteiger partial charge in [0.15, 0.2) is 0 Å². The second-order valence-corrected chi connectivity index (χ2v) is 4.35. The number of aromatic amines is 1. The second-order valence-electron chi connectivity index (χ2n) is 4.35. The number of benzene rings is 1. The molecule has 0 bridgehead atoms. The van der Waals surface area contributed by atoms with E-state index in [2.05, 4.69) is 10.3 Å². The summed E-state index contributed by atoms with van der Waals surface area (Å²) in [4.78, 5) is 37.9. The number of H-pyrrole nitrogens is 1. The van der Waals surface area contributed by atoms with Crippen LogP contribution in [0.1, 0.15) is 23.7 Å². The Kier molecular flexibility index (Phi) is 3.84. The fourth-order valence-corrected chi connectivity index (χ4v) is 1.91. The van der Waals surface area contributed by atoms with E-state index in [1.165, 1.54) is 6.20 Å². The van der Waals surface area contributed by atoms with E-state index in [-0.39, 0.29) is 12.0 Å². The lowest BCUT2D eigenvalue weighted by Gasteiger charge is -2.12. The first-order valence-corrected chi connectivity index (χ1v) is 6.18. The van der Waals surface area contributed by atoms with Crippen LogP contribution in [-0.4, -0.2) is 28.0 Å². The van der Waals surface area contributed by atoms with Gasteiger partial charge in [-0.15, -0.1) is 0 Å². The van der Waals surface area contributed by atoms with Crippen molar-refractivity contribution in [2.45, 2.75) is 19.4 Å². The minimum atomic E-state index is -1.13. The van der Waals surface area contributed by atoms with Gasteiger partial charge in [-0.1, -0.05) is 19.1 Å². The normalized spacial score (nSPS) is 12.1. The zero-order valence-corrected chi connectivity index (χ0v) is 10.8. The molecule has 3 N–H and O–H groups in total. The van der Waals surface area contributed by atoms with Crippen molar-refractivity contribution in [1.29, 1.82) is 0 Å². The molecular formula is C14H14N2O4. The first kappa shape index (κ1) is 13.8. The highest BCUT2D eigenvalue weighted by molar-refractivity contribution is 5.98. The molecule has 0 fully saturated rings. The third-order valence-corrected chi connectivity index (χ3v) is 3.04. The summed E-state index contributed by atoms with van der Waals surface area (Å²) >= 11 is 0. The van der Waals surface area contributed by atoms with Crippen molar-refractivity contribution in [3.63, 3.8) is 0 Å². The minimum Gasteiger partial charge on any atom is -0.480 e. The maximum Gasteiger partial charge on any atom is 0.326 e. The second kappa shape index (κ2) is 5.56. The molecule has 0 unspecified atom stereocenters. The fraction of sp³-hybridized carbons (Fsp3) is 0.214. The number of carbonyl (C=O) groups excluding carboxylic acids is 1. The molecule has 1 amide bonds. The zero-order chi connectivity index (χ0) is 14.7. The van der Waals surface area contributed by atoms with Crippen molar-refractivity contribution in [1.82, 2.24) is 10.3 Å². The molecule has 20 heavy (non-hydrogen) atoms. The number of hydrogen-bond acceptors (Lipinski definition) is 3. The number of carboxylic acid groups (broad SMARTS) is 1. The molecule has 0 saturated carbocycles. The Balaban J connectivity index is 2.38. The van der Waals surface area contributed by atoms with Gasteiger partial charge < -0.3 is 15.4 Å². The van der Waals surface area contributed by atoms with Crippen LogP contribution in [-0.2, 0) is 4.79 Å². The number of fused-ring (bicyclic) bond motifs is 1. The summed E-state index contributed by atoms with van der Waals surface area (Å²) < 4.78 is 0. The van der Waals surface area contributed by atoms with Crippen LogP contribution in [0, 0.1) is 0 Å². The molecule has 0 aliphatic carbocycles. The maximum absolute atomic E-state index is 12.2. The summed E-state index contributed by atoms with van der Waals surface area (Å²) in [5.41, 5.74) is 0.111. The lowest BCUT2D eigenvalue weighted by atomic mass is 10.1. The van der Waals surface area contributed by atoms with E-state index < -0.39 is 23.3 Å². The number of nitrogens with one attached hydrogen (secondary N) is 2. The molecule has 2 rings (SSSR count). The lowest BCUT2D eigenvalue weighted by molar-refractivity contribution is -0.139. The number of carbonyl (C=O) groups is 2. The monoisotopic (exact) mass is 274 g/mol. The molecule has 104 valence electrons. The van der Waals surface area contributed by atoms with E-state index in [4.69, 9.17) is 5.11 Å². The number of aromatic nitrogens is 1. The highest BCUT2D eigenvalue weighted by Crippen LogP contribution is 2.07. The number of hydrogen-bond donors (Lipinski definition) is 3. The standard InChI is InChI=1S/C14H14N2O4/c1-2-10(14(19)20)16-13(18)9-7-15-11-6-4-3-5-8(11)12(9)17/h3-7,10H,2H2,1H3,(H,15,17)(H,16,18)(H,19,20)/t10-/m1/s1. The number of amides is 1. The third kappa shape index (κ3) is 2.54. The molecule has 1 aromatic carbocycles. The summed E-state index contributed by atoms with van der Waals surface area (Å²) in [6.45, 7) is 1.64. The molecule has 0 radical (unpaired) electrons. The van der Waals surface area contributed by atoms with Crippen LogP contribution >= 0.6 is 0 Å². The van der Waals surface area contributed by atoms with Gasteiger partial charge in [0, 0.05) is 17.1 Å². The minimum absolute atomic E-state index is 0.0941. The largest absolute Gasteiger partial charge is 0.480 e. The Labute approximate surface area is 114 Å². The third-order valence-electron chi connectivity index (χ3n) is 3.04. The molecule has 0 aliphatic rings. The summed E-state index contributed by atoms with van der Waals surface area (Å²) in [6, 6.07) is 5.80. The lowest BCUT2D eigenvalue weighted by Crippen LogP contribution is -2.41. The average Bonchev–Trinajstić information content (AvgIpc) is 2.44. The van der Waals surface area contributed by atoms with E-state index in [1.807, 2.05) is 0 Å². The molecule has 1 aromatic heterocycles. The molecule has 0 spiro atoms. The van der Waals surface area contributed by atoms with E-state index in [9.17, 15) is 14.4 Å². The summed E-state index contributed by atoms with van der Waals surface area (Å²) in [5, 5.41) is 11.6. The van der Waals surface area contributed by atoms with Crippen LogP contribution in [0.15, 0.2) is 35.3 Å². The van der Waals surface area contributed by atoms with Crippen molar-refractivity contribution in [2.24, 2.45) is 0 Å². The Bertz CT molecular complexity index is 720. The van der Waals surface area contributed by atoms with Crippen LogP contribution < -0.4 is 10.7 Å². The van der Waals surface area contributed by atoms with Crippen molar-refractivity contribution < 1.29 is 14.7 Å². The van der Waals surface area contributed by atoms with Gasteiger partial charge >= 0.3 is 5.97 Å². The van der Waals surface area contributed by atoms with Gasteiger partial charge in [0.25, 0.3) is 5.91 Å². The topological polar surface area (TPSA) is 99.3 Å². The number of pyridine rings is 1. The van der Waals surface area contributed by atoms with Gasteiger partial charge in [-0.3, -0.25) is 9.59 Å². The highest BCUT2D eigenvalue weighted by Gasteiger charge is 2.20. The van der Waals surface area contributed by atoms with Crippen LogP contribution in [0.2, 0.25) is 0 Å². The van der Waals surface area contributed by atoms with Gasteiger partial charge in [-0.2, -0.15) is 0 Å². The van der Waals surface area contributed by atoms with Crippen LogP contribution in [0.5, 0.6) is 0 Å². The highest BCUT2D eigenvalue weighted by atomic mass is 16.4. The van der Waals surface area contributed by atoms with Gasteiger partial charge in [-0.05, 0) is 18.6 Å². The van der Waals surface area contributed by atoms with Gasteiger partial charge in [0.2, 0.25) is 5.43 Å². The molecule has 0 aliphatic heterocycles. The SMILES string of the molecule is CC[C@@H](NC(=O)c1c[nH]c2ccccc2c1=O)C(=O)O. The first-order valence-electron chi connectivity index (χ1n) is 6.18. The van der Waals surface area contributed by atoms with Crippen molar-refractivity contribution in [3.8, 4) is 0 Å². The van der Waals surface area contributed by atoms with E-state index >= 15 is 0 Å². The molecule has 6 nitrogen and oxygen atoms in total. The Morgan fingerprint density at radius 3 is 2.70 bits per heavy atom. The van der Waals surface area contributed by atoms with Crippen LogP contribution in [0.3, 0.4) is 0 Å². The Hall–Kier alpha value is -2.63. The molecule has 2 aromatic rings. The average molecular weight is 274 g/mol. The van der Waals surface area contributed by atoms with Crippen LogP contribution in [0.25, 0.3) is 10.9 Å². The predicted molar refractivity (Wildman–Crippen MR) is 73.7 cm³/mol. The van der Waals surface area contributed by atoms with E-state index in [0.29, 0.717) is 10.9 Å². The molecule has 6 heteroatoms. The van der Waals surface area contributed by atoms with Crippen molar-refractivity contribution >= 4 is 22.8 Å². The number of para-hydroxylation sites is 1. The Morgan fingerprint density at radius 2 is 2.05 bits per heavy atom. The fourth-order valence-electron chi connectivity index (χ4n) is 1.91. The molecule has 1 heterocycles. The molecular weight excluding hydrogens is 260 g/mol. The summed E-state index contributed by atoms with van der Waals surface area (Å²) in [7, 11) is 0. The summed E-state index contributed by atoms with van der Waals surface area (Å²) in [6.07, 6.45) is 1.54. The van der Waals surface area contributed by atoms with Gasteiger partial charge in [-0.25, -0.2) is 4.79 Å². The number of carboxylic acids is 1. The molecule has 0 saturated heterocycles. The van der Waals surface area contributed by atoms with Crippen molar-refractivity contribution in [3.05, 3.63) is 46.2 Å². The smallest absolute Gasteiger partial charge is 0.326 e. The van der Waals surface area contributed by atoms with Crippen molar-refractivity contribution in [2.75, 3.05) is 0 Å². The van der Waals surface area contributed by atoms with E-state index in [0.717, 1.165) is 0 Å². The zero-order valence-electron chi connectivity index (χ0n) is 10.8. The van der Waals surface area contributed by atoms with Gasteiger partial charge in [0.05, 0.1) is 0 Å². The van der Waals surface area contributed by atoms with E-state index in [1.54, 1.807) is 31.2 Å². The number of aliphatic carboxylic acids is 1. The predicted octanol–water partition coefficient (Wildman–Crippen LogP) is 1.12. The molecule has 1 atom stereocenters. The maximum atomic E-state index is 12.2. The quantitative estimate of drug-likeness (QED) is 0.778. The number of rotatable bonds is 4. The first-order chi connectivity index (χ1) is 9.54. The Morgan fingerprint density at radius 1 is 1.35 bits per heavy atom. The van der Waals surface area contributed by atoms with Gasteiger partial charge in [0.1, 0.15) is 11.6 Å². The summed E-state index contributed by atoms with van der Waals surface area (Å²) in [5.74, 6) is -1.82.